The number of nitrogens with one attached hydrogen (secondary N) is 1. The lowest BCUT2D eigenvalue weighted by molar-refractivity contribution is 0.260. The van der Waals surface area contributed by atoms with Gasteiger partial charge in [0.25, 0.3) is 0 Å². The molecular weight excluding hydrogens is 232 g/mol. The average Bonchev–Trinajstić information content (AvgIpc) is 2.87. The zero-order valence-corrected chi connectivity index (χ0v) is 12.7. The topological polar surface area (TPSA) is 15.3 Å². The van der Waals surface area contributed by atoms with Crippen LogP contribution >= 0.6 is 0 Å². The molecule has 2 rings (SSSR count). The normalized spacial score (nSPS) is 20.3. The smallest absolute Gasteiger partial charge is 0.0221 e. The van der Waals surface area contributed by atoms with Crippen molar-refractivity contribution < 1.29 is 0 Å². The van der Waals surface area contributed by atoms with Gasteiger partial charge in [-0.25, -0.2) is 0 Å². The molecule has 1 fully saturated rings. The van der Waals surface area contributed by atoms with Crippen LogP contribution in [0.15, 0.2) is 24.3 Å². The summed E-state index contributed by atoms with van der Waals surface area (Å²) in [5.74, 6) is 0.624. The Hall–Kier alpha value is -0.860. The Kier molecular flexibility index (Phi) is 5.41. The number of benzene rings is 1. The van der Waals surface area contributed by atoms with Crippen molar-refractivity contribution in [2.24, 2.45) is 0 Å². The van der Waals surface area contributed by atoms with Gasteiger partial charge in [0.1, 0.15) is 0 Å². The molecule has 0 spiro atoms. The van der Waals surface area contributed by atoms with Crippen molar-refractivity contribution in [1.29, 1.82) is 0 Å². The first-order valence-corrected chi connectivity index (χ1v) is 7.74. The zero-order chi connectivity index (χ0) is 13.7. The quantitative estimate of drug-likeness (QED) is 0.843. The summed E-state index contributed by atoms with van der Waals surface area (Å²) >= 11 is 0. The average molecular weight is 260 g/mol. The lowest BCUT2D eigenvalue weighted by Gasteiger charge is -2.23. The highest BCUT2D eigenvalue weighted by Crippen LogP contribution is 2.16. The number of rotatable bonds is 6. The van der Waals surface area contributed by atoms with Crippen molar-refractivity contribution in [3.8, 4) is 0 Å². The molecule has 1 N–H and O–H groups in total. The highest BCUT2D eigenvalue weighted by molar-refractivity contribution is 5.24. The van der Waals surface area contributed by atoms with Crippen LogP contribution in [0.2, 0.25) is 0 Å². The molecule has 0 saturated carbocycles. The van der Waals surface area contributed by atoms with Crippen molar-refractivity contribution in [3.05, 3.63) is 35.4 Å². The van der Waals surface area contributed by atoms with Gasteiger partial charge in [-0.1, -0.05) is 45.0 Å². The monoisotopic (exact) mass is 260 g/mol. The fourth-order valence-electron chi connectivity index (χ4n) is 2.95. The fraction of sp³-hybridized carbons (Fsp3) is 0.647. The summed E-state index contributed by atoms with van der Waals surface area (Å²) in [5, 5.41) is 3.61. The minimum Gasteiger partial charge on any atom is -0.311 e. The Morgan fingerprint density at radius 3 is 2.63 bits per heavy atom. The first-order chi connectivity index (χ1) is 9.20. The minimum absolute atomic E-state index is 0.624. The molecule has 1 aromatic carbocycles. The van der Waals surface area contributed by atoms with Gasteiger partial charge in [0.15, 0.2) is 0 Å². The highest BCUT2D eigenvalue weighted by Gasteiger charge is 2.21. The van der Waals surface area contributed by atoms with E-state index < -0.39 is 0 Å². The van der Waals surface area contributed by atoms with E-state index in [0.717, 1.165) is 19.1 Å². The molecular formula is C17H28N2. The van der Waals surface area contributed by atoms with E-state index in [-0.39, 0.29) is 0 Å². The molecule has 1 heterocycles. The van der Waals surface area contributed by atoms with Crippen molar-refractivity contribution in [2.75, 3.05) is 19.6 Å². The van der Waals surface area contributed by atoms with Crippen LogP contribution in [-0.2, 0) is 6.54 Å². The SMILES string of the molecule is CCN1CCCC1CNCc1ccc(C(C)C)cc1. The maximum Gasteiger partial charge on any atom is 0.0221 e. The van der Waals surface area contributed by atoms with Crippen LogP contribution in [0, 0.1) is 0 Å². The minimum atomic E-state index is 0.624. The summed E-state index contributed by atoms with van der Waals surface area (Å²) < 4.78 is 0. The maximum absolute atomic E-state index is 3.61. The van der Waals surface area contributed by atoms with Crippen molar-refractivity contribution >= 4 is 0 Å². The molecule has 0 amide bonds. The number of hydrogen-bond donors (Lipinski definition) is 1. The Labute approximate surface area is 118 Å². The predicted molar refractivity (Wildman–Crippen MR) is 82.5 cm³/mol. The lowest BCUT2D eigenvalue weighted by atomic mass is 10.0. The van der Waals surface area contributed by atoms with E-state index in [4.69, 9.17) is 0 Å². The van der Waals surface area contributed by atoms with Crippen LogP contribution in [-0.4, -0.2) is 30.6 Å². The summed E-state index contributed by atoms with van der Waals surface area (Å²) in [6, 6.07) is 9.79. The van der Waals surface area contributed by atoms with Gasteiger partial charge in [-0.3, -0.25) is 4.90 Å². The third-order valence-electron chi connectivity index (χ3n) is 4.26. The van der Waals surface area contributed by atoms with Crippen LogP contribution in [0.1, 0.15) is 50.7 Å². The Bertz CT molecular complexity index is 369. The van der Waals surface area contributed by atoms with Crippen molar-refractivity contribution in [2.45, 2.75) is 52.1 Å². The third-order valence-corrected chi connectivity index (χ3v) is 4.26. The molecule has 1 aromatic rings. The second kappa shape index (κ2) is 7.06. The Morgan fingerprint density at radius 2 is 2.00 bits per heavy atom. The number of nitrogens with zero attached hydrogens (tertiary/aromatic N) is 1. The van der Waals surface area contributed by atoms with Gasteiger partial charge in [0, 0.05) is 19.1 Å². The van der Waals surface area contributed by atoms with Gasteiger partial charge in [0.2, 0.25) is 0 Å². The summed E-state index contributed by atoms with van der Waals surface area (Å²) in [6.07, 6.45) is 2.72. The standard InChI is InChI=1S/C17H28N2/c1-4-19-11-5-6-17(19)13-18-12-15-7-9-16(10-8-15)14(2)3/h7-10,14,17-18H,4-6,11-13H2,1-3H3. The molecule has 0 aromatic heterocycles. The number of hydrogen-bond acceptors (Lipinski definition) is 2. The number of likely N-dealkylation sites (N-methyl/N-ethyl adjacent to an activating group) is 1. The molecule has 0 aliphatic carbocycles. The van der Waals surface area contributed by atoms with E-state index in [9.17, 15) is 0 Å². The summed E-state index contributed by atoms with van der Waals surface area (Å²) in [7, 11) is 0. The third kappa shape index (κ3) is 4.05. The van der Waals surface area contributed by atoms with Crippen LogP contribution in [0.5, 0.6) is 0 Å². The highest BCUT2D eigenvalue weighted by atomic mass is 15.2. The fourth-order valence-corrected chi connectivity index (χ4v) is 2.95. The van der Waals surface area contributed by atoms with Crippen LogP contribution in [0.25, 0.3) is 0 Å². The Balaban J connectivity index is 1.76. The molecule has 106 valence electrons. The molecule has 1 aliphatic rings. The van der Waals surface area contributed by atoms with E-state index in [0.29, 0.717) is 5.92 Å². The first kappa shape index (κ1) is 14.5. The van der Waals surface area contributed by atoms with E-state index in [1.807, 2.05) is 0 Å². The molecule has 1 atom stereocenters. The molecule has 0 radical (unpaired) electrons. The second-order valence-electron chi connectivity index (χ2n) is 5.95. The molecule has 2 heteroatoms. The van der Waals surface area contributed by atoms with Gasteiger partial charge in [-0.15, -0.1) is 0 Å². The summed E-state index contributed by atoms with van der Waals surface area (Å²) in [4.78, 5) is 2.59. The Morgan fingerprint density at radius 1 is 1.26 bits per heavy atom. The van der Waals surface area contributed by atoms with Crippen molar-refractivity contribution in [3.63, 3.8) is 0 Å². The molecule has 1 aliphatic heterocycles. The molecule has 2 nitrogen and oxygen atoms in total. The van der Waals surface area contributed by atoms with E-state index >= 15 is 0 Å². The van der Waals surface area contributed by atoms with Gasteiger partial charge in [-0.05, 0) is 43.0 Å². The van der Waals surface area contributed by atoms with Crippen molar-refractivity contribution in [1.82, 2.24) is 10.2 Å². The molecule has 1 saturated heterocycles. The summed E-state index contributed by atoms with van der Waals surface area (Å²) in [6.45, 7) is 11.3. The van der Waals surface area contributed by atoms with Gasteiger partial charge in [0.05, 0.1) is 0 Å². The van der Waals surface area contributed by atoms with Crippen LogP contribution in [0.4, 0.5) is 0 Å². The van der Waals surface area contributed by atoms with Crippen LogP contribution < -0.4 is 5.32 Å². The predicted octanol–water partition coefficient (Wildman–Crippen LogP) is 3.38. The van der Waals surface area contributed by atoms with Gasteiger partial charge < -0.3 is 5.32 Å². The molecule has 0 bridgehead atoms. The van der Waals surface area contributed by atoms with Gasteiger partial charge >= 0.3 is 0 Å². The molecule has 19 heavy (non-hydrogen) atoms. The zero-order valence-electron chi connectivity index (χ0n) is 12.7. The van der Waals surface area contributed by atoms with E-state index in [1.54, 1.807) is 0 Å². The van der Waals surface area contributed by atoms with Crippen LogP contribution in [0.3, 0.4) is 0 Å². The second-order valence-corrected chi connectivity index (χ2v) is 5.95. The summed E-state index contributed by atoms with van der Waals surface area (Å²) in [5.41, 5.74) is 2.82. The number of likely N-dealkylation sites (tertiary alicyclic amines) is 1. The largest absolute Gasteiger partial charge is 0.311 e. The maximum atomic E-state index is 3.61. The lowest BCUT2D eigenvalue weighted by Crippen LogP contribution is -2.37. The van der Waals surface area contributed by atoms with E-state index in [1.165, 1.54) is 37.1 Å². The van der Waals surface area contributed by atoms with Gasteiger partial charge in [-0.2, -0.15) is 0 Å². The molecule has 1 unspecified atom stereocenters. The van der Waals surface area contributed by atoms with E-state index in [2.05, 4.69) is 55.3 Å². The first-order valence-electron chi connectivity index (χ1n) is 7.74.